The highest BCUT2D eigenvalue weighted by molar-refractivity contribution is 5.69. The van der Waals surface area contributed by atoms with Crippen molar-refractivity contribution in [2.45, 2.75) is 189 Å². The Hall–Kier alpha value is -1.31. The maximum absolute atomic E-state index is 12.8. The molecular formula is C44H74O2. The summed E-state index contributed by atoms with van der Waals surface area (Å²) in [6, 6.07) is 0. The number of carbonyl (C=O) groups is 1. The van der Waals surface area contributed by atoms with Crippen molar-refractivity contribution < 1.29 is 9.53 Å². The maximum atomic E-state index is 12.8. The summed E-state index contributed by atoms with van der Waals surface area (Å²) < 4.78 is 6.10. The van der Waals surface area contributed by atoms with Crippen LogP contribution in [0.15, 0.2) is 35.5 Å². The molecule has 0 aliphatic heterocycles. The largest absolute Gasteiger partial charge is 0.462 e. The van der Waals surface area contributed by atoms with Gasteiger partial charge in [0, 0.05) is 12.8 Å². The van der Waals surface area contributed by atoms with Crippen LogP contribution in [0.4, 0.5) is 0 Å². The highest BCUT2D eigenvalue weighted by atomic mass is 16.5. The molecule has 0 radical (unpaired) electrons. The number of allylic oxidation sites excluding steroid dienone is 5. The van der Waals surface area contributed by atoms with Crippen LogP contribution in [-0.4, -0.2) is 12.1 Å². The van der Waals surface area contributed by atoms with Crippen molar-refractivity contribution in [3.63, 3.8) is 0 Å². The van der Waals surface area contributed by atoms with Crippen molar-refractivity contribution in [3.05, 3.63) is 35.5 Å². The summed E-state index contributed by atoms with van der Waals surface area (Å²) in [7, 11) is 0. The molecule has 2 nitrogen and oxygen atoms in total. The van der Waals surface area contributed by atoms with Crippen LogP contribution in [-0.2, 0) is 9.53 Å². The molecule has 0 aromatic heterocycles. The number of hydrogen-bond acceptors (Lipinski definition) is 2. The SMILES string of the molecule is CCCCCCCCCCCCCCCC(=O)O[C@H]1CC[C@@]2(C)C(=CC=C3[C@@H]4CC[C@H]([C@H](C)C=C[C@H](C)C(C)C)[C@@]4(C)CC[C@@H]32)C1. The predicted molar refractivity (Wildman–Crippen MR) is 198 cm³/mol. The van der Waals surface area contributed by atoms with E-state index < -0.39 is 0 Å². The topological polar surface area (TPSA) is 26.3 Å². The molecule has 262 valence electrons. The fraction of sp³-hybridized carbons (Fsp3) is 0.841. The van der Waals surface area contributed by atoms with Gasteiger partial charge in [-0.05, 0) is 91.3 Å². The summed E-state index contributed by atoms with van der Waals surface area (Å²) in [4.78, 5) is 12.8. The predicted octanol–water partition coefficient (Wildman–Crippen LogP) is 13.4. The Morgan fingerprint density at radius 2 is 1.41 bits per heavy atom. The van der Waals surface area contributed by atoms with Gasteiger partial charge in [0.15, 0.2) is 0 Å². The molecular weight excluding hydrogens is 560 g/mol. The van der Waals surface area contributed by atoms with Gasteiger partial charge in [-0.3, -0.25) is 4.79 Å². The highest BCUT2D eigenvalue weighted by Gasteiger charge is 2.57. The van der Waals surface area contributed by atoms with Gasteiger partial charge in [0.1, 0.15) is 6.10 Å². The molecule has 46 heavy (non-hydrogen) atoms. The Kier molecular flexibility index (Phi) is 14.6. The van der Waals surface area contributed by atoms with Gasteiger partial charge in [0.25, 0.3) is 0 Å². The first-order chi connectivity index (χ1) is 22.1. The quantitative estimate of drug-likeness (QED) is 0.0802. The van der Waals surface area contributed by atoms with E-state index in [4.69, 9.17) is 4.74 Å². The van der Waals surface area contributed by atoms with Gasteiger partial charge < -0.3 is 4.74 Å². The Labute approximate surface area is 286 Å². The third-order valence-corrected chi connectivity index (χ3v) is 13.8. The fourth-order valence-corrected chi connectivity index (χ4v) is 10.2. The zero-order valence-electron chi connectivity index (χ0n) is 31.5. The number of esters is 1. The Morgan fingerprint density at radius 3 is 2.04 bits per heavy atom. The smallest absolute Gasteiger partial charge is 0.306 e. The summed E-state index contributed by atoms with van der Waals surface area (Å²) in [6.45, 7) is 17.0. The molecule has 0 bridgehead atoms. The molecule has 4 rings (SSSR count). The molecule has 0 heterocycles. The Morgan fingerprint density at radius 1 is 0.783 bits per heavy atom. The van der Waals surface area contributed by atoms with Gasteiger partial charge in [0.05, 0.1) is 0 Å². The number of ether oxygens (including phenoxy) is 1. The number of hydrogen-bond donors (Lipinski definition) is 0. The lowest BCUT2D eigenvalue weighted by molar-refractivity contribution is -0.151. The van der Waals surface area contributed by atoms with E-state index in [9.17, 15) is 4.79 Å². The first-order valence-electron chi connectivity index (χ1n) is 20.4. The maximum Gasteiger partial charge on any atom is 0.306 e. The van der Waals surface area contributed by atoms with Gasteiger partial charge in [-0.1, -0.05) is 161 Å². The van der Waals surface area contributed by atoms with E-state index in [1.54, 1.807) is 11.1 Å². The number of unbranched alkanes of at least 4 members (excludes halogenated alkanes) is 12. The lowest BCUT2D eigenvalue weighted by Gasteiger charge is -2.55. The van der Waals surface area contributed by atoms with Crippen LogP contribution < -0.4 is 0 Å². The summed E-state index contributed by atoms with van der Waals surface area (Å²) in [5.74, 6) is 4.27. The van der Waals surface area contributed by atoms with Crippen LogP contribution in [0.5, 0.6) is 0 Å². The van der Waals surface area contributed by atoms with Crippen molar-refractivity contribution >= 4 is 5.97 Å². The summed E-state index contributed by atoms with van der Waals surface area (Å²) in [6.07, 6.45) is 36.7. The lowest BCUT2D eigenvalue weighted by atomic mass is 9.50. The van der Waals surface area contributed by atoms with Crippen molar-refractivity contribution in [1.82, 2.24) is 0 Å². The van der Waals surface area contributed by atoms with Gasteiger partial charge in [-0.25, -0.2) is 0 Å². The van der Waals surface area contributed by atoms with E-state index in [1.807, 2.05) is 0 Å². The van der Waals surface area contributed by atoms with E-state index in [1.165, 1.54) is 103 Å². The second kappa shape index (κ2) is 17.9. The van der Waals surface area contributed by atoms with Crippen LogP contribution in [0, 0.1) is 46.3 Å². The van der Waals surface area contributed by atoms with E-state index in [-0.39, 0.29) is 17.5 Å². The minimum Gasteiger partial charge on any atom is -0.462 e. The molecule has 4 aliphatic carbocycles. The molecule has 3 fully saturated rings. The van der Waals surface area contributed by atoms with Gasteiger partial charge in [-0.2, -0.15) is 0 Å². The fourth-order valence-electron chi connectivity index (χ4n) is 10.2. The number of carbonyl (C=O) groups excluding carboxylic acids is 1. The van der Waals surface area contributed by atoms with Crippen LogP contribution in [0.2, 0.25) is 0 Å². The molecule has 0 aromatic rings. The van der Waals surface area contributed by atoms with E-state index >= 15 is 0 Å². The Bertz CT molecular complexity index is 1030. The Balaban J connectivity index is 1.19. The lowest BCUT2D eigenvalue weighted by Crippen LogP contribution is -2.46. The first kappa shape index (κ1) is 37.5. The zero-order valence-corrected chi connectivity index (χ0v) is 31.5. The summed E-state index contributed by atoms with van der Waals surface area (Å²) in [5, 5.41) is 0. The normalized spacial score (nSPS) is 32.0. The zero-order chi connectivity index (χ0) is 33.2. The summed E-state index contributed by atoms with van der Waals surface area (Å²) in [5.41, 5.74) is 4.00. The number of fused-ring (bicyclic) bond motifs is 5. The molecule has 0 amide bonds. The van der Waals surface area contributed by atoms with E-state index in [2.05, 4.69) is 72.8 Å². The molecule has 2 heteroatoms. The van der Waals surface area contributed by atoms with E-state index in [0.29, 0.717) is 35.5 Å². The van der Waals surface area contributed by atoms with Crippen LogP contribution in [0.25, 0.3) is 0 Å². The van der Waals surface area contributed by atoms with Crippen molar-refractivity contribution in [2.24, 2.45) is 46.3 Å². The monoisotopic (exact) mass is 635 g/mol. The van der Waals surface area contributed by atoms with Crippen LogP contribution >= 0.6 is 0 Å². The third kappa shape index (κ3) is 9.43. The van der Waals surface area contributed by atoms with Crippen LogP contribution in [0.1, 0.15) is 183 Å². The average molecular weight is 635 g/mol. The molecule has 4 aliphatic rings. The molecule has 0 saturated heterocycles. The third-order valence-electron chi connectivity index (χ3n) is 13.8. The average Bonchev–Trinajstić information content (AvgIpc) is 3.39. The molecule has 3 saturated carbocycles. The molecule has 0 unspecified atom stereocenters. The van der Waals surface area contributed by atoms with E-state index in [0.717, 1.165) is 37.5 Å². The van der Waals surface area contributed by atoms with Crippen molar-refractivity contribution in [2.75, 3.05) is 0 Å². The standard InChI is InChI=1S/C44H74O2/c1-8-9-10-11-12-13-14-15-16-17-18-19-20-21-42(45)46-37-28-30-43(6)36(32-37)24-25-38-40-27-26-39(44(40,7)31-29-41(38)43)35(5)23-22-34(4)33(2)3/h22-25,33-35,37,39-41H,8-21,26-32H2,1-7H3/t34-,35+,37-,39+,40-,41-,43-,44+/m0/s1. The molecule has 8 atom stereocenters. The second-order valence-electron chi connectivity index (χ2n) is 17.3. The summed E-state index contributed by atoms with van der Waals surface area (Å²) >= 11 is 0. The minimum absolute atomic E-state index is 0.0423. The molecule has 0 aromatic carbocycles. The highest BCUT2D eigenvalue weighted by Crippen LogP contribution is 2.66. The van der Waals surface area contributed by atoms with Crippen LogP contribution in [0.3, 0.4) is 0 Å². The second-order valence-corrected chi connectivity index (χ2v) is 17.3. The molecule has 0 N–H and O–H groups in total. The van der Waals surface area contributed by atoms with Crippen molar-refractivity contribution in [3.8, 4) is 0 Å². The molecule has 0 spiro atoms. The van der Waals surface area contributed by atoms with Gasteiger partial charge in [0.2, 0.25) is 0 Å². The van der Waals surface area contributed by atoms with Crippen molar-refractivity contribution in [1.29, 1.82) is 0 Å². The van der Waals surface area contributed by atoms with Gasteiger partial charge >= 0.3 is 5.97 Å². The van der Waals surface area contributed by atoms with Gasteiger partial charge in [-0.15, -0.1) is 0 Å². The minimum atomic E-state index is 0.0423. The first-order valence-corrected chi connectivity index (χ1v) is 20.4. The number of rotatable bonds is 19.